The highest BCUT2D eigenvalue weighted by atomic mass is 15.0. The number of hydrogen-bond acceptors (Lipinski definition) is 0. The van der Waals surface area contributed by atoms with Crippen LogP contribution >= 0.6 is 0 Å². The Labute approximate surface area is 277 Å². The van der Waals surface area contributed by atoms with Crippen LogP contribution in [0.25, 0.3) is 62.9 Å². The molecule has 0 N–H and O–H groups in total. The molecule has 0 aliphatic heterocycles. The number of hydrogen-bond donors (Lipinski definition) is 0. The molecule has 5 aromatic rings. The molecule has 0 amide bonds. The summed E-state index contributed by atoms with van der Waals surface area (Å²) in [6.45, 7) is 14.8. The maximum Gasteiger partial charge on any atom is 0.0651 e. The van der Waals surface area contributed by atoms with Crippen LogP contribution in [0.1, 0.15) is 77.1 Å². The number of para-hydroxylation sites is 1. The molecule has 1 unspecified atom stereocenters. The molecule has 4 aliphatic rings. The summed E-state index contributed by atoms with van der Waals surface area (Å²) in [4.78, 5) is 0. The lowest BCUT2D eigenvalue weighted by molar-refractivity contribution is 0.662. The molecule has 1 atom stereocenters. The van der Waals surface area contributed by atoms with Crippen LogP contribution in [0.2, 0.25) is 0 Å². The second kappa shape index (κ2) is 10.3. The van der Waals surface area contributed by atoms with E-state index in [4.69, 9.17) is 0 Å². The molecular weight excluding hydrogens is 567 g/mol. The molecule has 1 heterocycles. The number of nitrogens with zero attached hydrogens (tertiary/aromatic N) is 1. The van der Waals surface area contributed by atoms with Gasteiger partial charge < -0.3 is 4.57 Å². The highest BCUT2D eigenvalue weighted by molar-refractivity contribution is 6.12. The van der Waals surface area contributed by atoms with E-state index in [-0.39, 0.29) is 5.41 Å². The largest absolute Gasteiger partial charge is 0.309 e. The minimum Gasteiger partial charge on any atom is -0.309 e. The number of fused-ring (bicyclic) bond motifs is 11. The average Bonchev–Trinajstić information content (AvgIpc) is 3.71. The maximum absolute atomic E-state index is 4.30. The van der Waals surface area contributed by atoms with E-state index >= 15 is 0 Å². The van der Waals surface area contributed by atoms with E-state index in [0.717, 1.165) is 53.6 Å². The van der Waals surface area contributed by atoms with Crippen molar-refractivity contribution in [3.63, 3.8) is 0 Å². The van der Waals surface area contributed by atoms with Crippen LogP contribution in [-0.2, 0) is 5.41 Å². The fraction of sp³-hybridized carbons (Fsp3) is 0.130. The molecular formula is C46H37N. The van der Waals surface area contributed by atoms with Crippen LogP contribution in [0.3, 0.4) is 0 Å². The van der Waals surface area contributed by atoms with Crippen LogP contribution in [0.15, 0.2) is 128 Å². The van der Waals surface area contributed by atoms with Crippen molar-refractivity contribution in [2.45, 2.75) is 38.0 Å². The molecule has 1 aromatic heterocycles. The summed E-state index contributed by atoms with van der Waals surface area (Å²) in [5.41, 5.74) is 19.3. The lowest BCUT2D eigenvalue weighted by Gasteiger charge is -2.36. The molecule has 0 fully saturated rings. The van der Waals surface area contributed by atoms with Crippen LogP contribution in [0.5, 0.6) is 0 Å². The van der Waals surface area contributed by atoms with Crippen molar-refractivity contribution >= 4 is 57.3 Å². The fourth-order valence-corrected chi connectivity index (χ4v) is 9.35. The molecule has 0 radical (unpaired) electrons. The van der Waals surface area contributed by atoms with E-state index in [2.05, 4.69) is 134 Å². The summed E-state index contributed by atoms with van der Waals surface area (Å²) in [7, 11) is 0. The monoisotopic (exact) mass is 603 g/mol. The van der Waals surface area contributed by atoms with E-state index in [1.165, 1.54) is 55.2 Å². The zero-order chi connectivity index (χ0) is 31.9. The maximum atomic E-state index is 4.30. The zero-order valence-corrected chi connectivity index (χ0v) is 26.9. The number of rotatable bonds is 5. The SMILES string of the molecule is C=Cc1c(/C=C\C)cc(-n2c3ccccc3c3cc4c(cc32)C2=C(CCC=C2)C42C3=C(C=CCC3)c3ccccc32)c(C=C)c1C=C. The Kier molecular flexibility index (Phi) is 6.11. The Morgan fingerprint density at radius 1 is 0.660 bits per heavy atom. The van der Waals surface area contributed by atoms with Crippen molar-refractivity contribution in [3.05, 3.63) is 173 Å². The van der Waals surface area contributed by atoms with Crippen LogP contribution in [0.4, 0.5) is 0 Å². The van der Waals surface area contributed by atoms with Crippen LogP contribution in [0, 0.1) is 0 Å². The Hall–Kier alpha value is -5.40. The van der Waals surface area contributed by atoms with Crippen molar-refractivity contribution in [2.75, 3.05) is 0 Å². The third-order valence-electron chi connectivity index (χ3n) is 11.0. The zero-order valence-electron chi connectivity index (χ0n) is 26.9. The van der Waals surface area contributed by atoms with Gasteiger partial charge in [-0.15, -0.1) is 0 Å². The summed E-state index contributed by atoms with van der Waals surface area (Å²) in [6, 6.07) is 25.5. The van der Waals surface area contributed by atoms with Crippen molar-refractivity contribution in [1.82, 2.24) is 4.57 Å². The van der Waals surface area contributed by atoms with E-state index in [0.29, 0.717) is 0 Å². The quantitative estimate of drug-likeness (QED) is 0.188. The minimum atomic E-state index is -0.212. The van der Waals surface area contributed by atoms with E-state index < -0.39 is 0 Å². The average molecular weight is 604 g/mol. The lowest BCUT2D eigenvalue weighted by atomic mass is 9.66. The summed E-state index contributed by atoms with van der Waals surface area (Å²) in [6.07, 6.45) is 24.0. The predicted octanol–water partition coefficient (Wildman–Crippen LogP) is 12.3. The molecule has 1 spiro atoms. The molecule has 1 heteroatoms. The van der Waals surface area contributed by atoms with Gasteiger partial charge in [0.05, 0.1) is 22.1 Å². The highest BCUT2D eigenvalue weighted by Crippen LogP contribution is 2.64. The molecule has 47 heavy (non-hydrogen) atoms. The summed E-state index contributed by atoms with van der Waals surface area (Å²) in [5.74, 6) is 0. The number of aromatic nitrogens is 1. The first-order valence-electron chi connectivity index (χ1n) is 16.9. The summed E-state index contributed by atoms with van der Waals surface area (Å²) in [5, 5.41) is 2.55. The topological polar surface area (TPSA) is 4.93 Å². The molecule has 226 valence electrons. The number of allylic oxidation sites excluding steroid dienone is 9. The molecule has 9 rings (SSSR count). The van der Waals surface area contributed by atoms with E-state index in [1.807, 2.05) is 18.2 Å². The van der Waals surface area contributed by atoms with Gasteiger partial charge in [-0.05, 0) is 118 Å². The smallest absolute Gasteiger partial charge is 0.0651 e. The Morgan fingerprint density at radius 2 is 1.34 bits per heavy atom. The standard InChI is InChI=1S/C46H37N/c1-5-17-29-26-44(32(8-4)31(7-3)30(29)6-2)47-43-25-16-12-21-36(43)38-27-42-37(28-45(38)47)35-20-11-15-24-41(35)46(42)39-22-13-9-18-33(39)34-19-10-14-23-40(34)46/h5-13,16-22,25-28H,2-4,14-15,23-24H2,1H3/b17-5-. The molecule has 0 bridgehead atoms. The third-order valence-corrected chi connectivity index (χ3v) is 11.0. The molecule has 1 nitrogen and oxygen atoms in total. The minimum absolute atomic E-state index is 0.212. The third kappa shape index (κ3) is 3.49. The van der Waals surface area contributed by atoms with Gasteiger partial charge in [-0.2, -0.15) is 0 Å². The van der Waals surface area contributed by atoms with Gasteiger partial charge in [-0.1, -0.05) is 117 Å². The van der Waals surface area contributed by atoms with Gasteiger partial charge in [0.1, 0.15) is 0 Å². The van der Waals surface area contributed by atoms with E-state index in [1.54, 1.807) is 11.1 Å². The summed E-state index contributed by atoms with van der Waals surface area (Å²) < 4.78 is 2.46. The van der Waals surface area contributed by atoms with Crippen molar-refractivity contribution < 1.29 is 0 Å². The predicted molar refractivity (Wildman–Crippen MR) is 204 cm³/mol. The molecule has 0 saturated heterocycles. The first kappa shape index (κ1) is 27.9. The fourth-order valence-electron chi connectivity index (χ4n) is 9.35. The van der Waals surface area contributed by atoms with Gasteiger partial charge in [0.15, 0.2) is 0 Å². The van der Waals surface area contributed by atoms with Crippen molar-refractivity contribution in [1.29, 1.82) is 0 Å². The number of benzene rings is 4. The molecule has 4 aromatic carbocycles. The first-order valence-corrected chi connectivity index (χ1v) is 16.9. The van der Waals surface area contributed by atoms with Gasteiger partial charge in [-0.25, -0.2) is 0 Å². The van der Waals surface area contributed by atoms with E-state index in [9.17, 15) is 0 Å². The van der Waals surface area contributed by atoms with Crippen molar-refractivity contribution in [2.24, 2.45) is 0 Å². The van der Waals surface area contributed by atoms with Gasteiger partial charge in [0, 0.05) is 16.3 Å². The normalized spacial score (nSPS) is 19.2. The Balaban J connectivity index is 1.44. The van der Waals surface area contributed by atoms with Crippen molar-refractivity contribution in [3.8, 4) is 5.69 Å². The molecule has 4 aliphatic carbocycles. The summed E-state index contributed by atoms with van der Waals surface area (Å²) >= 11 is 0. The Bertz CT molecular complexity index is 2410. The second-order valence-corrected chi connectivity index (χ2v) is 13.1. The highest BCUT2D eigenvalue weighted by Gasteiger charge is 2.53. The molecule has 0 saturated carbocycles. The van der Waals surface area contributed by atoms with Gasteiger partial charge in [0.25, 0.3) is 0 Å². The first-order chi connectivity index (χ1) is 23.2. The van der Waals surface area contributed by atoms with Gasteiger partial charge in [0.2, 0.25) is 0 Å². The van der Waals surface area contributed by atoms with Gasteiger partial charge >= 0.3 is 0 Å². The Morgan fingerprint density at radius 3 is 2.06 bits per heavy atom. The van der Waals surface area contributed by atoms with Gasteiger partial charge in [-0.3, -0.25) is 0 Å². The lowest BCUT2D eigenvalue weighted by Crippen LogP contribution is -2.29. The second-order valence-electron chi connectivity index (χ2n) is 13.1. The van der Waals surface area contributed by atoms with Crippen LogP contribution in [-0.4, -0.2) is 4.57 Å². The van der Waals surface area contributed by atoms with Crippen LogP contribution < -0.4 is 0 Å².